The number of carbonyl (C=O) groups is 1. The molecule has 0 saturated carbocycles. The van der Waals surface area contributed by atoms with Crippen molar-refractivity contribution in [1.82, 2.24) is 5.32 Å². The third-order valence-corrected chi connectivity index (χ3v) is 4.85. The number of nitrogens with zero attached hydrogens (tertiary/aromatic N) is 2. The van der Waals surface area contributed by atoms with E-state index in [1.807, 2.05) is 26.0 Å². The smallest absolute Gasteiger partial charge is 0.273 e. The Morgan fingerprint density at radius 2 is 1.84 bits per heavy atom. The molecule has 0 heterocycles. The molecular weight excluding hydrogens is 416 g/mol. The largest absolute Gasteiger partial charge is 0.398 e. The molecule has 172 valence electrons. The zero-order chi connectivity index (χ0) is 23.9. The average Bonchev–Trinajstić information content (AvgIpc) is 2.71. The van der Waals surface area contributed by atoms with Gasteiger partial charge in [0.2, 0.25) is 5.92 Å². The van der Waals surface area contributed by atoms with Crippen LogP contribution in [-0.4, -0.2) is 37.4 Å². The van der Waals surface area contributed by atoms with E-state index in [4.69, 9.17) is 9.68 Å². The van der Waals surface area contributed by atoms with Crippen molar-refractivity contribution < 1.29 is 23.3 Å². The Morgan fingerprint density at radius 1 is 1.12 bits per heavy atom. The first-order valence-electron chi connectivity index (χ1n) is 10.1. The highest BCUT2D eigenvalue weighted by Crippen LogP contribution is 2.24. The Labute approximate surface area is 187 Å². The van der Waals surface area contributed by atoms with E-state index in [0.29, 0.717) is 28.0 Å². The third kappa shape index (κ3) is 6.60. The maximum absolute atomic E-state index is 13.7. The third-order valence-electron chi connectivity index (χ3n) is 4.85. The van der Waals surface area contributed by atoms with Gasteiger partial charge in [0, 0.05) is 30.2 Å². The predicted molar refractivity (Wildman–Crippen MR) is 121 cm³/mol. The maximum Gasteiger partial charge on any atom is 0.273 e. The second-order valence-corrected chi connectivity index (χ2v) is 7.66. The minimum Gasteiger partial charge on any atom is -0.398 e. The van der Waals surface area contributed by atoms with E-state index in [9.17, 15) is 13.6 Å². The van der Waals surface area contributed by atoms with E-state index < -0.39 is 11.8 Å². The van der Waals surface area contributed by atoms with Crippen molar-refractivity contribution in [3.8, 4) is 0 Å². The standard InChI is InChI=1S/C24H29F2N3O3/c1-15-10-11-19(18(12-15)13-24(4,25)26)17(3)28-32-14-21-16(2)8-7-9-20(21)22(29-31-6)23(30)27-5/h7-12H,13-14H2,1-6H3,(H,27,30)/b28-17+,29-22+. The molecule has 0 aliphatic rings. The van der Waals surface area contributed by atoms with Gasteiger partial charge in [-0.3, -0.25) is 4.79 Å². The highest BCUT2D eigenvalue weighted by molar-refractivity contribution is 6.45. The number of amides is 1. The van der Waals surface area contributed by atoms with Gasteiger partial charge in [-0.15, -0.1) is 0 Å². The molecule has 0 aliphatic heterocycles. The van der Waals surface area contributed by atoms with Gasteiger partial charge in [-0.2, -0.15) is 0 Å². The molecule has 32 heavy (non-hydrogen) atoms. The number of carbonyl (C=O) groups excluding carboxylic acids is 1. The van der Waals surface area contributed by atoms with Crippen molar-refractivity contribution in [3.63, 3.8) is 0 Å². The van der Waals surface area contributed by atoms with Gasteiger partial charge in [0.1, 0.15) is 13.7 Å². The summed E-state index contributed by atoms with van der Waals surface area (Å²) in [5, 5.41) is 10.6. The quantitative estimate of drug-likeness (QED) is 0.455. The summed E-state index contributed by atoms with van der Waals surface area (Å²) in [6, 6.07) is 10.8. The van der Waals surface area contributed by atoms with E-state index in [0.717, 1.165) is 18.1 Å². The molecule has 8 heteroatoms. The number of oxime groups is 2. The summed E-state index contributed by atoms with van der Waals surface area (Å²) < 4.78 is 27.3. The first kappa shape index (κ1) is 25.0. The van der Waals surface area contributed by atoms with Gasteiger partial charge in [-0.25, -0.2) is 8.78 Å². The average molecular weight is 446 g/mol. The van der Waals surface area contributed by atoms with Crippen molar-refractivity contribution in [3.05, 3.63) is 69.8 Å². The van der Waals surface area contributed by atoms with Crippen LogP contribution >= 0.6 is 0 Å². The highest BCUT2D eigenvalue weighted by atomic mass is 19.3. The number of likely N-dealkylation sites (N-methyl/N-ethyl adjacent to an activating group) is 1. The van der Waals surface area contributed by atoms with E-state index in [1.165, 1.54) is 14.2 Å². The summed E-state index contributed by atoms with van der Waals surface area (Å²) in [6.45, 7) is 6.41. The number of rotatable bonds is 9. The maximum atomic E-state index is 13.7. The summed E-state index contributed by atoms with van der Waals surface area (Å²) in [7, 11) is 2.87. The van der Waals surface area contributed by atoms with Crippen molar-refractivity contribution in [2.75, 3.05) is 14.2 Å². The minimum absolute atomic E-state index is 0.0597. The van der Waals surface area contributed by atoms with E-state index in [2.05, 4.69) is 15.6 Å². The Hall–Kier alpha value is -3.29. The summed E-state index contributed by atoms with van der Waals surface area (Å²) in [5.41, 5.74) is 4.76. The molecule has 0 atom stereocenters. The van der Waals surface area contributed by atoms with Gasteiger partial charge < -0.3 is 15.0 Å². The Morgan fingerprint density at radius 3 is 2.47 bits per heavy atom. The van der Waals surface area contributed by atoms with Crippen LogP contribution < -0.4 is 5.32 Å². The molecular formula is C24H29F2N3O3. The Kier molecular flexibility index (Phi) is 8.46. The van der Waals surface area contributed by atoms with E-state index >= 15 is 0 Å². The number of hydrogen-bond acceptors (Lipinski definition) is 5. The molecule has 0 unspecified atom stereocenters. The van der Waals surface area contributed by atoms with Crippen LogP contribution in [0.1, 0.15) is 47.2 Å². The van der Waals surface area contributed by atoms with Crippen LogP contribution in [0.4, 0.5) is 8.78 Å². The number of alkyl halides is 2. The zero-order valence-corrected chi connectivity index (χ0v) is 19.3. The number of aryl methyl sites for hydroxylation is 2. The number of nitrogens with one attached hydrogen (secondary N) is 1. The fraction of sp³-hybridized carbons (Fsp3) is 0.375. The zero-order valence-electron chi connectivity index (χ0n) is 19.3. The first-order chi connectivity index (χ1) is 15.1. The monoisotopic (exact) mass is 445 g/mol. The second kappa shape index (κ2) is 10.8. The summed E-state index contributed by atoms with van der Waals surface area (Å²) in [6.07, 6.45) is -0.387. The summed E-state index contributed by atoms with van der Waals surface area (Å²) in [4.78, 5) is 22.7. The van der Waals surface area contributed by atoms with Gasteiger partial charge in [-0.1, -0.05) is 52.3 Å². The summed E-state index contributed by atoms with van der Waals surface area (Å²) in [5.74, 6) is -3.24. The van der Waals surface area contributed by atoms with E-state index in [1.54, 1.807) is 31.2 Å². The van der Waals surface area contributed by atoms with Crippen molar-refractivity contribution in [1.29, 1.82) is 0 Å². The van der Waals surface area contributed by atoms with Crippen LogP contribution in [0.15, 0.2) is 46.7 Å². The van der Waals surface area contributed by atoms with Gasteiger partial charge in [0.05, 0.1) is 5.71 Å². The number of benzene rings is 2. The number of halogens is 2. The number of hydrogen-bond donors (Lipinski definition) is 1. The van der Waals surface area contributed by atoms with Crippen LogP contribution in [0.2, 0.25) is 0 Å². The highest BCUT2D eigenvalue weighted by Gasteiger charge is 2.24. The van der Waals surface area contributed by atoms with Crippen LogP contribution in [0.5, 0.6) is 0 Å². The molecule has 0 bridgehead atoms. The SMILES string of the molecule is CNC(=O)/C(=N/OC)c1cccc(C)c1CO/N=C(\C)c1ccc(C)cc1CC(C)(F)F. The normalized spacial score (nSPS) is 12.5. The van der Waals surface area contributed by atoms with Crippen LogP contribution in [0.3, 0.4) is 0 Å². The van der Waals surface area contributed by atoms with Gasteiger partial charge in [0.25, 0.3) is 5.91 Å². The summed E-state index contributed by atoms with van der Waals surface area (Å²) >= 11 is 0. The minimum atomic E-state index is -2.84. The molecule has 0 aliphatic carbocycles. The topological polar surface area (TPSA) is 72.3 Å². The van der Waals surface area contributed by atoms with Crippen molar-refractivity contribution >= 4 is 17.3 Å². The molecule has 0 spiro atoms. The van der Waals surface area contributed by atoms with Crippen molar-refractivity contribution in [2.45, 2.75) is 46.6 Å². The molecule has 2 rings (SSSR count). The van der Waals surface area contributed by atoms with Crippen molar-refractivity contribution in [2.24, 2.45) is 10.3 Å². The first-order valence-corrected chi connectivity index (χ1v) is 10.1. The van der Waals surface area contributed by atoms with Crippen LogP contribution in [0, 0.1) is 13.8 Å². The lowest BCUT2D eigenvalue weighted by Gasteiger charge is -2.15. The molecule has 0 radical (unpaired) electrons. The molecule has 0 aromatic heterocycles. The fourth-order valence-corrected chi connectivity index (χ4v) is 3.34. The second-order valence-electron chi connectivity index (χ2n) is 7.66. The molecule has 2 aromatic carbocycles. The van der Waals surface area contributed by atoms with E-state index in [-0.39, 0.29) is 18.7 Å². The molecule has 0 saturated heterocycles. The lowest BCUT2D eigenvalue weighted by Crippen LogP contribution is -2.29. The molecule has 0 fully saturated rings. The lowest BCUT2D eigenvalue weighted by molar-refractivity contribution is -0.114. The van der Waals surface area contributed by atoms with Gasteiger partial charge >= 0.3 is 0 Å². The predicted octanol–water partition coefficient (Wildman–Crippen LogP) is 4.54. The lowest BCUT2D eigenvalue weighted by atomic mass is 9.97. The fourth-order valence-electron chi connectivity index (χ4n) is 3.34. The molecule has 1 amide bonds. The molecule has 1 N–H and O–H groups in total. The van der Waals surface area contributed by atoms with Gasteiger partial charge in [0.15, 0.2) is 5.71 Å². The Bertz CT molecular complexity index is 1030. The molecule has 2 aromatic rings. The molecule has 6 nitrogen and oxygen atoms in total. The van der Waals surface area contributed by atoms with Crippen LogP contribution in [0.25, 0.3) is 0 Å². The van der Waals surface area contributed by atoms with Crippen LogP contribution in [-0.2, 0) is 27.5 Å². The van der Waals surface area contributed by atoms with Gasteiger partial charge in [-0.05, 0) is 38.8 Å². The Balaban J connectivity index is 2.33.